The highest BCUT2D eigenvalue weighted by Gasteiger charge is 2.61. The standard InChI is InChI=1S/C33H58O2Si/c1-21(2)36(22(3)4,23(5)6)35-20-24(7)26-13-14-27-25-12-15-29-31(8,9)30(34)17-19-33(29,11)28(25)16-18-32(26,27)10/h15,21-28H,12-14,16-20H2,1-11H3/t24-,25+,26-,27+,28+,32-,33-/m1/s1. The van der Waals surface area contributed by atoms with E-state index in [1.807, 2.05) is 0 Å². The molecule has 3 heteroatoms. The Morgan fingerprint density at radius 2 is 1.50 bits per heavy atom. The Balaban J connectivity index is 1.53. The van der Waals surface area contributed by atoms with E-state index in [2.05, 4.69) is 82.2 Å². The molecular formula is C33H58O2Si. The van der Waals surface area contributed by atoms with E-state index in [0.29, 0.717) is 33.7 Å². The van der Waals surface area contributed by atoms with Crippen LogP contribution in [0, 0.1) is 45.8 Å². The van der Waals surface area contributed by atoms with Crippen LogP contribution in [0.4, 0.5) is 0 Å². The first kappa shape index (κ1) is 28.6. The fourth-order valence-corrected chi connectivity index (χ4v) is 16.6. The quantitative estimate of drug-likeness (QED) is 0.250. The molecule has 0 radical (unpaired) electrons. The molecule has 0 bridgehead atoms. The van der Waals surface area contributed by atoms with Gasteiger partial charge in [-0.1, -0.05) is 74.0 Å². The molecule has 0 unspecified atom stereocenters. The van der Waals surface area contributed by atoms with Gasteiger partial charge in [0.15, 0.2) is 8.32 Å². The van der Waals surface area contributed by atoms with Crippen molar-refractivity contribution in [3.8, 4) is 0 Å². The average Bonchev–Trinajstić information content (AvgIpc) is 3.13. The molecular weight excluding hydrogens is 456 g/mol. The average molecular weight is 515 g/mol. The maximum atomic E-state index is 12.8. The topological polar surface area (TPSA) is 26.3 Å². The Bertz CT molecular complexity index is 847. The molecule has 0 spiro atoms. The first-order chi connectivity index (χ1) is 16.6. The molecule has 0 aromatic heterocycles. The lowest BCUT2D eigenvalue weighted by Crippen LogP contribution is -2.54. The molecule has 0 aromatic carbocycles. The lowest BCUT2D eigenvalue weighted by molar-refractivity contribution is -0.132. The third-order valence-electron chi connectivity index (χ3n) is 12.8. The summed E-state index contributed by atoms with van der Waals surface area (Å²) in [6.07, 6.45) is 11.1. The van der Waals surface area contributed by atoms with Crippen LogP contribution in [0.5, 0.6) is 0 Å². The van der Waals surface area contributed by atoms with Gasteiger partial charge in [-0.2, -0.15) is 0 Å². The van der Waals surface area contributed by atoms with Crippen molar-refractivity contribution in [1.82, 2.24) is 0 Å². The van der Waals surface area contributed by atoms with Crippen molar-refractivity contribution in [2.24, 2.45) is 45.8 Å². The Morgan fingerprint density at radius 3 is 2.08 bits per heavy atom. The maximum absolute atomic E-state index is 12.8. The number of carbonyl (C=O) groups excluding carboxylic acids is 1. The van der Waals surface area contributed by atoms with E-state index in [9.17, 15) is 4.79 Å². The van der Waals surface area contributed by atoms with Crippen LogP contribution >= 0.6 is 0 Å². The monoisotopic (exact) mass is 514 g/mol. The predicted molar refractivity (Wildman–Crippen MR) is 156 cm³/mol. The summed E-state index contributed by atoms with van der Waals surface area (Å²) < 4.78 is 7.14. The molecule has 0 aromatic rings. The third-order valence-corrected chi connectivity index (χ3v) is 18.9. The van der Waals surface area contributed by atoms with Gasteiger partial charge in [0.1, 0.15) is 5.78 Å². The molecule has 0 saturated heterocycles. The van der Waals surface area contributed by atoms with Crippen molar-refractivity contribution >= 4 is 14.1 Å². The number of Topliss-reactive ketones (excluding diaryl/α,β-unsaturated/α-hetero) is 1. The van der Waals surface area contributed by atoms with Crippen LogP contribution in [0.15, 0.2) is 11.6 Å². The molecule has 0 aliphatic heterocycles. The zero-order valence-electron chi connectivity index (χ0n) is 25.7. The van der Waals surface area contributed by atoms with Gasteiger partial charge in [0, 0.05) is 18.4 Å². The summed E-state index contributed by atoms with van der Waals surface area (Å²) in [7, 11) is -1.82. The number of hydrogen-bond donors (Lipinski definition) is 0. The summed E-state index contributed by atoms with van der Waals surface area (Å²) in [5, 5.41) is 0. The fraction of sp³-hybridized carbons (Fsp3) is 0.909. The van der Waals surface area contributed by atoms with Crippen LogP contribution in [0.1, 0.15) is 121 Å². The number of allylic oxidation sites excluding steroid dienone is 2. The van der Waals surface area contributed by atoms with E-state index in [0.717, 1.165) is 43.1 Å². The van der Waals surface area contributed by atoms with Crippen LogP contribution in [-0.4, -0.2) is 20.7 Å². The largest absolute Gasteiger partial charge is 0.416 e. The summed E-state index contributed by atoms with van der Waals surface area (Å²) in [4.78, 5) is 12.8. The zero-order valence-corrected chi connectivity index (χ0v) is 26.7. The van der Waals surface area contributed by atoms with Crippen molar-refractivity contribution in [3.63, 3.8) is 0 Å². The Hall–Kier alpha value is -0.413. The minimum absolute atomic E-state index is 0.228. The number of fused-ring (bicyclic) bond motifs is 5. The van der Waals surface area contributed by atoms with Gasteiger partial charge in [0.05, 0.1) is 0 Å². The van der Waals surface area contributed by atoms with E-state index in [1.165, 1.54) is 37.7 Å². The van der Waals surface area contributed by atoms with Gasteiger partial charge in [0.2, 0.25) is 0 Å². The molecule has 3 fully saturated rings. The highest BCUT2D eigenvalue weighted by Crippen LogP contribution is 2.68. The summed E-state index contributed by atoms with van der Waals surface area (Å²) >= 11 is 0. The van der Waals surface area contributed by atoms with Crippen molar-refractivity contribution in [1.29, 1.82) is 0 Å². The van der Waals surface area contributed by atoms with Crippen LogP contribution in [0.3, 0.4) is 0 Å². The van der Waals surface area contributed by atoms with Crippen molar-refractivity contribution < 1.29 is 9.22 Å². The summed E-state index contributed by atoms with van der Waals surface area (Å²) in [5.41, 5.74) is 3.87. The second-order valence-corrected chi connectivity index (χ2v) is 21.0. The third kappa shape index (κ3) is 4.07. The van der Waals surface area contributed by atoms with Gasteiger partial charge < -0.3 is 4.43 Å². The fourth-order valence-electron chi connectivity index (χ4n) is 11.1. The number of hydrogen-bond acceptors (Lipinski definition) is 2. The smallest absolute Gasteiger partial charge is 0.200 e. The zero-order chi connectivity index (χ0) is 26.8. The van der Waals surface area contributed by atoms with Crippen molar-refractivity contribution in [2.45, 2.75) is 138 Å². The van der Waals surface area contributed by atoms with Crippen LogP contribution < -0.4 is 0 Å². The first-order valence-electron chi connectivity index (χ1n) is 15.5. The molecule has 3 saturated carbocycles. The van der Waals surface area contributed by atoms with Crippen LogP contribution in [0.2, 0.25) is 16.6 Å². The molecule has 0 amide bonds. The van der Waals surface area contributed by atoms with Gasteiger partial charge >= 0.3 is 0 Å². The molecule has 0 heterocycles. The van der Waals surface area contributed by atoms with E-state index >= 15 is 0 Å². The van der Waals surface area contributed by atoms with Crippen LogP contribution in [0.25, 0.3) is 0 Å². The van der Waals surface area contributed by atoms with E-state index in [1.54, 1.807) is 0 Å². The van der Waals surface area contributed by atoms with Gasteiger partial charge in [-0.05, 0) is 109 Å². The van der Waals surface area contributed by atoms with Gasteiger partial charge in [-0.3, -0.25) is 4.79 Å². The lowest BCUT2D eigenvalue weighted by Gasteiger charge is -2.60. The lowest BCUT2D eigenvalue weighted by atomic mass is 9.44. The number of rotatable bonds is 7. The van der Waals surface area contributed by atoms with Crippen molar-refractivity contribution in [2.75, 3.05) is 6.61 Å². The highest BCUT2D eigenvalue weighted by molar-refractivity contribution is 6.77. The van der Waals surface area contributed by atoms with E-state index in [4.69, 9.17) is 4.43 Å². The minimum atomic E-state index is -1.82. The Kier molecular flexibility index (Phi) is 7.66. The normalized spacial score (nSPS) is 39.2. The molecule has 36 heavy (non-hydrogen) atoms. The minimum Gasteiger partial charge on any atom is -0.416 e. The molecule has 4 aliphatic rings. The predicted octanol–water partition coefficient (Wildman–Crippen LogP) is 9.60. The molecule has 2 nitrogen and oxygen atoms in total. The van der Waals surface area contributed by atoms with Gasteiger partial charge in [-0.15, -0.1) is 0 Å². The Morgan fingerprint density at radius 1 is 0.889 bits per heavy atom. The SMILES string of the molecule is CC(C)[Si](OC[C@@H](C)[C@H]1CC[C@H]2[C@@H]3CC=C4C(C)(C)C(=O)CC[C@]4(C)[C@H]3CC[C@]12C)(C(C)C)C(C)C. The molecule has 7 atom stereocenters. The molecule has 4 rings (SSSR count). The summed E-state index contributed by atoms with van der Waals surface area (Å²) in [6.45, 7) is 27.6. The second-order valence-electron chi connectivity index (χ2n) is 15.5. The second kappa shape index (κ2) is 9.65. The molecule has 4 aliphatic carbocycles. The van der Waals surface area contributed by atoms with E-state index < -0.39 is 8.32 Å². The Labute approximate surface area is 224 Å². The van der Waals surface area contributed by atoms with E-state index in [-0.39, 0.29) is 10.8 Å². The van der Waals surface area contributed by atoms with Gasteiger partial charge in [0.25, 0.3) is 0 Å². The maximum Gasteiger partial charge on any atom is 0.200 e. The molecule has 0 N–H and O–H groups in total. The first-order valence-corrected chi connectivity index (χ1v) is 17.7. The van der Waals surface area contributed by atoms with Gasteiger partial charge in [-0.25, -0.2) is 0 Å². The number of carbonyl (C=O) groups is 1. The summed E-state index contributed by atoms with van der Waals surface area (Å²) in [6, 6.07) is 0. The molecule has 206 valence electrons. The van der Waals surface area contributed by atoms with Crippen molar-refractivity contribution in [3.05, 3.63) is 11.6 Å². The summed E-state index contributed by atoms with van der Waals surface area (Å²) in [5.74, 6) is 4.27. The van der Waals surface area contributed by atoms with Crippen LogP contribution in [-0.2, 0) is 9.22 Å². The highest BCUT2D eigenvalue weighted by atomic mass is 28.4. The number of ketones is 1.